The molecule has 0 aromatic carbocycles. The standard InChI is InChI=1S/C13H19NO4.C3H6O/c1-3-4-7-11(13(17)18)9-14-12(16)8-5-6-10(2)15;1-3(2)4/h5,8-9H,3-4,6-7H2,1-2H3,(H,14,16)(H,17,18);1-2H3. The van der Waals surface area contributed by atoms with E-state index in [-0.39, 0.29) is 23.6 Å². The first kappa shape index (κ1) is 22.0. The topological polar surface area (TPSA) is 101 Å². The minimum absolute atomic E-state index is 0.0382. The van der Waals surface area contributed by atoms with Crippen molar-refractivity contribution >= 4 is 23.4 Å². The summed E-state index contributed by atoms with van der Waals surface area (Å²) in [7, 11) is 0. The van der Waals surface area contributed by atoms with Crippen LogP contribution in [-0.2, 0) is 19.2 Å². The lowest BCUT2D eigenvalue weighted by Crippen LogP contribution is -2.16. The number of rotatable bonds is 8. The highest BCUT2D eigenvalue weighted by Gasteiger charge is 2.06. The van der Waals surface area contributed by atoms with Gasteiger partial charge in [-0.2, -0.15) is 0 Å². The van der Waals surface area contributed by atoms with Crippen molar-refractivity contribution in [3.05, 3.63) is 23.9 Å². The van der Waals surface area contributed by atoms with Crippen LogP contribution < -0.4 is 5.32 Å². The van der Waals surface area contributed by atoms with Crippen LogP contribution in [0.1, 0.15) is 53.4 Å². The molecule has 0 saturated carbocycles. The van der Waals surface area contributed by atoms with Crippen LogP contribution in [0.15, 0.2) is 23.9 Å². The van der Waals surface area contributed by atoms with Gasteiger partial charge in [0.2, 0.25) is 5.91 Å². The zero-order valence-electron chi connectivity index (χ0n) is 13.6. The first-order chi connectivity index (χ1) is 10.2. The first-order valence-electron chi connectivity index (χ1n) is 7.06. The van der Waals surface area contributed by atoms with Crippen molar-refractivity contribution in [1.29, 1.82) is 0 Å². The predicted molar refractivity (Wildman–Crippen MR) is 84.2 cm³/mol. The molecule has 1 amide bonds. The molecule has 2 N–H and O–H groups in total. The molecule has 0 aromatic rings. The van der Waals surface area contributed by atoms with E-state index in [2.05, 4.69) is 5.32 Å². The minimum Gasteiger partial charge on any atom is -0.478 e. The zero-order valence-corrected chi connectivity index (χ0v) is 13.6. The molecule has 0 fully saturated rings. The number of hydrogen-bond acceptors (Lipinski definition) is 4. The van der Waals surface area contributed by atoms with E-state index in [9.17, 15) is 19.2 Å². The molecule has 0 aliphatic rings. The van der Waals surface area contributed by atoms with E-state index in [1.54, 1.807) is 0 Å². The van der Waals surface area contributed by atoms with Gasteiger partial charge in [0.05, 0.1) is 5.57 Å². The summed E-state index contributed by atoms with van der Waals surface area (Å²) in [5.74, 6) is -1.34. The maximum absolute atomic E-state index is 11.3. The minimum atomic E-state index is -1.03. The highest BCUT2D eigenvalue weighted by Crippen LogP contribution is 2.06. The fourth-order valence-electron chi connectivity index (χ4n) is 1.15. The van der Waals surface area contributed by atoms with Crippen LogP contribution in [0.3, 0.4) is 0 Å². The summed E-state index contributed by atoms with van der Waals surface area (Å²) in [6, 6.07) is 0. The summed E-state index contributed by atoms with van der Waals surface area (Å²) in [5.41, 5.74) is 0.171. The van der Waals surface area contributed by atoms with Gasteiger partial charge in [-0.1, -0.05) is 19.4 Å². The average molecular weight is 311 g/mol. The smallest absolute Gasteiger partial charge is 0.333 e. The molecule has 0 heterocycles. The Hall–Kier alpha value is -2.24. The van der Waals surface area contributed by atoms with Gasteiger partial charge in [-0.25, -0.2) is 4.79 Å². The fourth-order valence-corrected chi connectivity index (χ4v) is 1.15. The summed E-state index contributed by atoms with van der Waals surface area (Å²) >= 11 is 0. The van der Waals surface area contributed by atoms with Gasteiger partial charge in [-0.05, 0) is 39.7 Å². The van der Waals surface area contributed by atoms with Crippen molar-refractivity contribution in [1.82, 2.24) is 5.32 Å². The van der Waals surface area contributed by atoms with Gasteiger partial charge in [0.15, 0.2) is 0 Å². The normalized spacial score (nSPS) is 10.6. The van der Waals surface area contributed by atoms with Gasteiger partial charge >= 0.3 is 5.97 Å². The Morgan fingerprint density at radius 1 is 1.09 bits per heavy atom. The largest absolute Gasteiger partial charge is 0.478 e. The predicted octanol–water partition coefficient (Wildman–Crippen LogP) is 2.39. The van der Waals surface area contributed by atoms with E-state index in [4.69, 9.17) is 5.11 Å². The molecule has 0 spiro atoms. The summed E-state index contributed by atoms with van der Waals surface area (Å²) in [5, 5.41) is 11.2. The molecule has 0 bridgehead atoms. The van der Waals surface area contributed by atoms with Crippen LogP contribution in [0.2, 0.25) is 0 Å². The number of allylic oxidation sites excluding steroid dienone is 1. The summed E-state index contributed by atoms with van der Waals surface area (Å²) in [6.07, 6.45) is 6.13. The number of amides is 1. The van der Waals surface area contributed by atoms with E-state index in [0.29, 0.717) is 6.42 Å². The molecule has 0 radical (unpaired) electrons. The number of aliphatic carboxylic acids is 1. The first-order valence-corrected chi connectivity index (χ1v) is 7.06. The third-order valence-electron chi connectivity index (χ3n) is 2.14. The molecule has 6 nitrogen and oxygen atoms in total. The molecule has 0 unspecified atom stereocenters. The number of carboxylic acids is 1. The number of carbonyl (C=O) groups excluding carboxylic acids is 3. The molecule has 22 heavy (non-hydrogen) atoms. The second-order valence-corrected chi connectivity index (χ2v) is 4.80. The van der Waals surface area contributed by atoms with Crippen molar-refractivity contribution < 1.29 is 24.3 Å². The summed E-state index contributed by atoms with van der Waals surface area (Å²) in [4.78, 5) is 42.2. The lowest BCUT2D eigenvalue weighted by Gasteiger charge is -2.01. The van der Waals surface area contributed by atoms with Gasteiger partial charge in [-0.3, -0.25) is 9.59 Å². The molecule has 0 atom stereocenters. The van der Waals surface area contributed by atoms with Crippen LogP contribution >= 0.6 is 0 Å². The third kappa shape index (κ3) is 17.8. The van der Waals surface area contributed by atoms with Crippen LogP contribution in [0.4, 0.5) is 0 Å². The van der Waals surface area contributed by atoms with Gasteiger partial charge in [-0.15, -0.1) is 0 Å². The fraction of sp³-hybridized carbons (Fsp3) is 0.500. The van der Waals surface area contributed by atoms with Gasteiger partial charge in [0.1, 0.15) is 11.6 Å². The van der Waals surface area contributed by atoms with E-state index in [0.717, 1.165) is 12.8 Å². The van der Waals surface area contributed by atoms with Crippen LogP contribution in [0, 0.1) is 0 Å². The van der Waals surface area contributed by atoms with Crippen LogP contribution in [0.25, 0.3) is 0 Å². The Morgan fingerprint density at radius 2 is 1.64 bits per heavy atom. The highest BCUT2D eigenvalue weighted by molar-refractivity contribution is 5.91. The summed E-state index contributed by atoms with van der Waals surface area (Å²) in [6.45, 7) is 6.44. The van der Waals surface area contributed by atoms with Gasteiger partial charge in [0, 0.05) is 12.6 Å². The van der Waals surface area contributed by atoms with Crippen molar-refractivity contribution in [2.24, 2.45) is 0 Å². The van der Waals surface area contributed by atoms with E-state index in [1.165, 1.54) is 39.1 Å². The highest BCUT2D eigenvalue weighted by atomic mass is 16.4. The number of nitrogens with one attached hydrogen (secondary N) is 1. The Bertz CT molecular complexity index is 445. The lowest BCUT2D eigenvalue weighted by atomic mass is 10.1. The maximum Gasteiger partial charge on any atom is 0.333 e. The lowest BCUT2D eigenvalue weighted by molar-refractivity contribution is -0.132. The van der Waals surface area contributed by atoms with E-state index < -0.39 is 11.9 Å². The van der Waals surface area contributed by atoms with Crippen molar-refractivity contribution in [3.8, 4) is 0 Å². The number of unbranched alkanes of at least 4 members (excludes halogenated alkanes) is 1. The summed E-state index contributed by atoms with van der Waals surface area (Å²) < 4.78 is 0. The number of Topliss-reactive ketones (excluding diaryl/α,β-unsaturated/α-hetero) is 2. The Balaban J connectivity index is 0. The molecule has 0 aliphatic carbocycles. The number of carboxylic acid groups (broad SMARTS) is 1. The number of ketones is 2. The Labute approximate surface area is 131 Å². The number of hydrogen-bond donors (Lipinski definition) is 2. The van der Waals surface area contributed by atoms with Crippen molar-refractivity contribution in [2.75, 3.05) is 0 Å². The van der Waals surface area contributed by atoms with Crippen LogP contribution in [-0.4, -0.2) is 28.5 Å². The number of carbonyl (C=O) groups is 4. The quantitative estimate of drug-likeness (QED) is 0.670. The molecule has 0 aromatic heterocycles. The second-order valence-electron chi connectivity index (χ2n) is 4.80. The second kappa shape index (κ2) is 13.7. The monoisotopic (exact) mass is 311 g/mol. The molecule has 6 heteroatoms. The van der Waals surface area contributed by atoms with Crippen LogP contribution in [0.5, 0.6) is 0 Å². The third-order valence-corrected chi connectivity index (χ3v) is 2.14. The molecule has 124 valence electrons. The van der Waals surface area contributed by atoms with Gasteiger partial charge in [0.25, 0.3) is 0 Å². The maximum atomic E-state index is 11.3. The molecule has 0 aliphatic heterocycles. The van der Waals surface area contributed by atoms with Gasteiger partial charge < -0.3 is 15.2 Å². The molecular weight excluding hydrogens is 286 g/mol. The molecule has 0 saturated heterocycles. The SMILES string of the molecule is CC(C)=O.CCCCC(=CNC(=O)C=CCC(C)=O)C(=O)O. The zero-order chi connectivity index (χ0) is 17.5. The van der Waals surface area contributed by atoms with Crippen molar-refractivity contribution in [3.63, 3.8) is 0 Å². The van der Waals surface area contributed by atoms with E-state index >= 15 is 0 Å². The van der Waals surface area contributed by atoms with Crippen molar-refractivity contribution in [2.45, 2.75) is 53.4 Å². The Morgan fingerprint density at radius 3 is 2.05 bits per heavy atom. The average Bonchev–Trinajstić information content (AvgIpc) is 2.37. The molecule has 0 rings (SSSR count). The Kier molecular flexibility index (Phi) is 13.8. The molecular formula is C16H25NO5. The van der Waals surface area contributed by atoms with E-state index in [1.807, 2.05) is 6.92 Å².